The second-order valence-corrected chi connectivity index (χ2v) is 36.3. The molecule has 5 aliphatic rings. The third kappa shape index (κ3) is 5.65. The predicted molar refractivity (Wildman–Crippen MR) is 262 cm³/mol. The van der Waals surface area contributed by atoms with Gasteiger partial charge in [0.2, 0.25) is 0 Å². The Labute approximate surface area is 380 Å². The van der Waals surface area contributed by atoms with Crippen LogP contribution in [-0.2, 0) is 24.7 Å². The summed E-state index contributed by atoms with van der Waals surface area (Å²) in [5.41, 5.74) is 10.1. The molecule has 0 spiro atoms. The Morgan fingerprint density at radius 3 is 1.86 bits per heavy atom. The summed E-state index contributed by atoms with van der Waals surface area (Å²) in [5, 5.41) is 1.54. The molecule has 0 heterocycles. The second-order valence-electron chi connectivity index (χ2n) is 21.6. The van der Waals surface area contributed by atoms with Gasteiger partial charge in [0.1, 0.15) is 0 Å². The van der Waals surface area contributed by atoms with E-state index < -0.39 is 21.4 Å². The molecule has 0 bridgehead atoms. The second kappa shape index (κ2) is 14.9. The van der Waals surface area contributed by atoms with Crippen LogP contribution in [0.1, 0.15) is 120 Å². The van der Waals surface area contributed by atoms with E-state index in [0.29, 0.717) is 5.92 Å². The molecule has 4 unspecified atom stereocenters. The van der Waals surface area contributed by atoms with E-state index in [0.717, 1.165) is 42.1 Å². The number of benzene rings is 3. The van der Waals surface area contributed by atoms with E-state index in [1.165, 1.54) is 28.8 Å². The first kappa shape index (κ1) is 46.8. The topological polar surface area (TPSA) is 0 Å². The molecule has 0 N–H and O–H groups in total. The molecule has 4 atom stereocenters. The van der Waals surface area contributed by atoms with Crippen molar-refractivity contribution < 1.29 is 18.3 Å². The normalized spacial score (nSPS) is 27.7. The molecule has 1 fully saturated rings. The number of hydrogen-bond acceptors (Lipinski definition) is 0. The molecule has 0 radical (unpaired) electrons. The van der Waals surface area contributed by atoms with Gasteiger partial charge in [-0.15, -0.1) is 24.8 Å². The number of hydrogen-bond donors (Lipinski definition) is 0. The Bertz CT molecular complexity index is 2360. The Kier molecular flexibility index (Phi) is 11.8. The average molecular weight is 950 g/mol. The van der Waals surface area contributed by atoms with Crippen LogP contribution in [0.15, 0.2) is 123 Å². The average Bonchev–Trinajstić information content (AvgIpc) is 3.77. The van der Waals surface area contributed by atoms with Crippen LogP contribution in [-0.4, -0.2) is 4.21 Å². The van der Waals surface area contributed by atoms with Crippen LogP contribution in [0.3, 0.4) is 0 Å². The number of rotatable bonds is 6. The molecule has 0 amide bonds. The number of fused-ring (bicyclic) bond motifs is 6. The fourth-order valence-corrected chi connectivity index (χ4v) is 35.8. The van der Waals surface area contributed by atoms with E-state index in [1.807, 2.05) is 0 Å². The van der Waals surface area contributed by atoms with E-state index in [9.17, 15) is 0 Å². The summed E-state index contributed by atoms with van der Waals surface area (Å²) in [7, 11) is 0. The third-order valence-corrected chi connectivity index (χ3v) is 38.9. The Morgan fingerprint density at radius 1 is 0.763 bits per heavy atom. The maximum atomic E-state index is 6.93. The van der Waals surface area contributed by atoms with E-state index in [2.05, 4.69) is 180 Å². The molecule has 0 nitrogen and oxygen atoms in total. The standard InChI is InChI=1S/C29H37.C12H19.2C6H4Cl.CH2.2ClH.Zr/c1-18-25-22-17-19-13-9-10-14-20(19)24(22)21-15-11-12-16-23(21)29(25,8)28(6,7)27(4,5)26(18,2)3;1-5-6-10-7-8-11(9-10)12(2,3)4;2*7-6-4-2-1-3-5-6;;;;/h9-11,13-15,23H,12,16-17H2,1-8H3;8-10H,5-6H2,1-4H3;2*2-5H;1H2;2*1H;. The van der Waals surface area contributed by atoms with E-state index >= 15 is 0 Å². The van der Waals surface area contributed by atoms with Crippen molar-refractivity contribution in [3.8, 4) is 0 Å². The molecule has 0 saturated heterocycles. The SMILES string of the molecule is Cl.Cl.[CH2]=[Zr]([C]1=CC(C(C)(C)C)=CC1CCC)([c]1ccc(Cl)cc1)([c]1ccc(Cl)cc1)[C]1(C)C2=C3Cc4ccccc4C3=C3C=CCCC3C2(C)C(C)(C)C(C)(C)C1(C)C. The molecular weight excluding hydrogens is 882 g/mol. The van der Waals surface area contributed by atoms with Crippen LogP contribution in [0.25, 0.3) is 5.57 Å². The Balaban J connectivity index is 0.00000293. The summed E-state index contributed by atoms with van der Waals surface area (Å²) in [5.74, 6) is 0.649. The minimum absolute atomic E-state index is 0. The van der Waals surface area contributed by atoms with Gasteiger partial charge in [-0.25, -0.2) is 0 Å². The van der Waals surface area contributed by atoms with Crippen molar-refractivity contribution in [3.63, 3.8) is 0 Å². The molecule has 3 aromatic rings. The van der Waals surface area contributed by atoms with E-state index in [1.54, 1.807) is 20.0 Å². The van der Waals surface area contributed by atoms with Crippen molar-refractivity contribution in [2.45, 2.75) is 118 Å². The molecule has 0 aliphatic heterocycles. The number of halogens is 4. The van der Waals surface area contributed by atoms with Gasteiger partial charge in [-0.3, -0.25) is 0 Å². The molecule has 0 aromatic heterocycles. The maximum absolute atomic E-state index is 6.93. The van der Waals surface area contributed by atoms with Crippen molar-refractivity contribution in [1.82, 2.24) is 0 Å². The van der Waals surface area contributed by atoms with Gasteiger partial charge >= 0.3 is 359 Å². The summed E-state index contributed by atoms with van der Waals surface area (Å²) >= 11 is 8.31. The van der Waals surface area contributed by atoms with Crippen molar-refractivity contribution in [1.29, 1.82) is 0 Å². The molecule has 59 heavy (non-hydrogen) atoms. The van der Waals surface area contributed by atoms with Gasteiger partial charge in [0.15, 0.2) is 0 Å². The van der Waals surface area contributed by atoms with Crippen molar-refractivity contribution >= 4 is 64.3 Å². The van der Waals surface area contributed by atoms with Gasteiger partial charge in [-0.2, -0.15) is 0 Å². The van der Waals surface area contributed by atoms with Gasteiger partial charge in [0.05, 0.1) is 0 Å². The minimum atomic E-state index is -5.55. The quantitative estimate of drug-likeness (QED) is 0.231. The zero-order valence-electron chi connectivity index (χ0n) is 37.7. The van der Waals surface area contributed by atoms with Gasteiger partial charge in [-0.1, -0.05) is 0 Å². The van der Waals surface area contributed by atoms with Gasteiger partial charge in [0.25, 0.3) is 0 Å². The molecule has 5 aliphatic carbocycles. The molecule has 3 aromatic carbocycles. The zero-order chi connectivity index (χ0) is 41.4. The molecule has 5 heteroatoms. The van der Waals surface area contributed by atoms with Crippen LogP contribution in [0.2, 0.25) is 13.2 Å². The first-order chi connectivity index (χ1) is 26.6. The van der Waals surface area contributed by atoms with E-state index in [4.69, 9.17) is 27.4 Å². The van der Waals surface area contributed by atoms with Gasteiger partial charge < -0.3 is 0 Å². The number of allylic oxidation sites excluding steroid dienone is 10. The summed E-state index contributed by atoms with van der Waals surface area (Å²) in [6.07, 6.45) is 15.8. The first-order valence-electron chi connectivity index (χ1n) is 21.8. The third-order valence-electron chi connectivity index (χ3n) is 18.5. The summed E-state index contributed by atoms with van der Waals surface area (Å²) in [6.45, 7) is 30.9. The van der Waals surface area contributed by atoms with Crippen molar-refractivity contribution in [2.24, 2.45) is 38.9 Å². The molecule has 316 valence electrons. The van der Waals surface area contributed by atoms with Gasteiger partial charge in [-0.05, 0) is 0 Å². The summed E-state index contributed by atoms with van der Waals surface area (Å²) in [6, 6.07) is 27.7. The van der Waals surface area contributed by atoms with Crippen LogP contribution in [0.5, 0.6) is 0 Å². The van der Waals surface area contributed by atoms with E-state index in [-0.39, 0.29) is 57.8 Å². The Morgan fingerprint density at radius 2 is 1.32 bits per heavy atom. The fraction of sp³-hybridized carbons (Fsp3) is 0.463. The van der Waals surface area contributed by atoms with Gasteiger partial charge in [0, 0.05) is 0 Å². The predicted octanol–water partition coefficient (Wildman–Crippen LogP) is 15.8. The molecule has 1 saturated carbocycles. The zero-order valence-corrected chi connectivity index (χ0v) is 43.3. The Hall–Kier alpha value is -1.73. The first-order valence-corrected chi connectivity index (χ1v) is 29.2. The van der Waals surface area contributed by atoms with Crippen LogP contribution >= 0.6 is 48.0 Å². The summed E-state index contributed by atoms with van der Waals surface area (Å²) in [4.78, 5) is 0. The molecular formula is C54H68Cl4Zr. The molecule has 8 rings (SSSR count). The van der Waals surface area contributed by atoms with Crippen LogP contribution in [0.4, 0.5) is 0 Å². The fourth-order valence-electron chi connectivity index (χ4n) is 14.1. The summed E-state index contributed by atoms with van der Waals surface area (Å²) < 4.78 is 10.3. The van der Waals surface area contributed by atoms with Crippen LogP contribution in [0, 0.1) is 38.9 Å². The monoisotopic (exact) mass is 946 g/mol. The van der Waals surface area contributed by atoms with Crippen molar-refractivity contribution in [2.75, 3.05) is 0 Å². The van der Waals surface area contributed by atoms with Crippen molar-refractivity contribution in [3.05, 3.63) is 144 Å². The van der Waals surface area contributed by atoms with Crippen LogP contribution < -0.4 is 6.54 Å².